The molecule has 0 heterocycles. The standard InChI is InChI=1S/C17H16ClNO3/c18-14-7-9-15(10-8-14)19-16(20)12-22-17(21)11-6-13-4-2-1-3-5-13/h1-5,7-10H,6,11-12H2,(H,19,20). The molecule has 0 bridgehead atoms. The van der Waals surface area contributed by atoms with Crippen molar-refractivity contribution >= 4 is 29.2 Å². The first-order valence-corrected chi connectivity index (χ1v) is 7.26. The van der Waals surface area contributed by atoms with E-state index in [4.69, 9.17) is 16.3 Å². The maximum absolute atomic E-state index is 11.7. The van der Waals surface area contributed by atoms with Gasteiger partial charge in [-0.05, 0) is 36.2 Å². The molecule has 0 aliphatic rings. The molecule has 0 fully saturated rings. The number of rotatable bonds is 6. The van der Waals surface area contributed by atoms with Gasteiger partial charge in [0.15, 0.2) is 6.61 Å². The molecule has 0 spiro atoms. The van der Waals surface area contributed by atoms with E-state index >= 15 is 0 Å². The number of carbonyl (C=O) groups excluding carboxylic acids is 2. The zero-order chi connectivity index (χ0) is 15.8. The molecule has 1 N–H and O–H groups in total. The molecule has 114 valence electrons. The molecule has 0 atom stereocenters. The second-order valence-corrected chi connectivity index (χ2v) is 5.14. The minimum absolute atomic E-state index is 0.248. The molecular formula is C17H16ClNO3. The Morgan fingerprint density at radius 3 is 2.36 bits per heavy atom. The molecule has 2 rings (SSSR count). The molecule has 0 aromatic heterocycles. The minimum atomic E-state index is -0.393. The highest BCUT2D eigenvalue weighted by molar-refractivity contribution is 6.30. The summed E-state index contributed by atoms with van der Waals surface area (Å²) in [5.74, 6) is -0.773. The van der Waals surface area contributed by atoms with E-state index in [1.807, 2.05) is 30.3 Å². The molecule has 0 saturated carbocycles. The van der Waals surface area contributed by atoms with Crippen LogP contribution >= 0.6 is 11.6 Å². The Kier molecular flexibility index (Phi) is 5.98. The summed E-state index contributed by atoms with van der Waals surface area (Å²) in [6.07, 6.45) is 0.844. The molecule has 2 aromatic carbocycles. The fourth-order valence-corrected chi connectivity index (χ4v) is 1.97. The van der Waals surface area contributed by atoms with Crippen molar-refractivity contribution in [1.29, 1.82) is 0 Å². The molecule has 4 nitrogen and oxygen atoms in total. The van der Waals surface area contributed by atoms with Crippen LogP contribution in [0.15, 0.2) is 54.6 Å². The number of benzene rings is 2. The zero-order valence-corrected chi connectivity index (χ0v) is 12.7. The average molecular weight is 318 g/mol. The molecule has 0 aliphatic heterocycles. The summed E-state index contributed by atoms with van der Waals surface area (Å²) in [6.45, 7) is -0.295. The van der Waals surface area contributed by atoms with E-state index < -0.39 is 5.97 Å². The van der Waals surface area contributed by atoms with Crippen LogP contribution in [-0.4, -0.2) is 18.5 Å². The number of amides is 1. The molecule has 2 aromatic rings. The van der Waals surface area contributed by atoms with E-state index in [0.29, 0.717) is 17.1 Å². The molecule has 0 aliphatic carbocycles. The van der Waals surface area contributed by atoms with Gasteiger partial charge in [0.1, 0.15) is 0 Å². The molecule has 0 unspecified atom stereocenters. The van der Waals surface area contributed by atoms with Crippen molar-refractivity contribution < 1.29 is 14.3 Å². The van der Waals surface area contributed by atoms with Crippen LogP contribution in [-0.2, 0) is 20.7 Å². The molecule has 0 saturated heterocycles. The van der Waals surface area contributed by atoms with E-state index in [9.17, 15) is 9.59 Å². The number of aryl methyl sites for hydroxylation is 1. The first-order chi connectivity index (χ1) is 10.6. The van der Waals surface area contributed by atoms with E-state index in [0.717, 1.165) is 5.56 Å². The second kappa shape index (κ2) is 8.20. The van der Waals surface area contributed by atoms with Crippen LogP contribution in [0.1, 0.15) is 12.0 Å². The fourth-order valence-electron chi connectivity index (χ4n) is 1.84. The lowest BCUT2D eigenvalue weighted by atomic mass is 10.1. The summed E-state index contributed by atoms with van der Waals surface area (Å²) in [5.41, 5.74) is 1.67. The number of nitrogens with one attached hydrogen (secondary N) is 1. The van der Waals surface area contributed by atoms with Crippen LogP contribution in [0, 0.1) is 0 Å². The van der Waals surface area contributed by atoms with Crippen molar-refractivity contribution in [1.82, 2.24) is 0 Å². The molecule has 5 heteroatoms. The predicted octanol–water partition coefficient (Wildman–Crippen LogP) is 3.45. The van der Waals surface area contributed by atoms with Gasteiger partial charge < -0.3 is 10.1 Å². The summed E-state index contributed by atoms with van der Waals surface area (Å²) < 4.78 is 4.94. The molecule has 1 amide bonds. The van der Waals surface area contributed by atoms with Gasteiger partial charge in [-0.1, -0.05) is 41.9 Å². The van der Waals surface area contributed by atoms with Crippen LogP contribution in [0.3, 0.4) is 0 Å². The zero-order valence-electron chi connectivity index (χ0n) is 11.9. The van der Waals surface area contributed by atoms with Gasteiger partial charge in [0.25, 0.3) is 5.91 Å². The Morgan fingerprint density at radius 1 is 1.00 bits per heavy atom. The van der Waals surface area contributed by atoms with Crippen LogP contribution in [0.25, 0.3) is 0 Å². The summed E-state index contributed by atoms with van der Waals surface area (Å²) in [7, 11) is 0. The van der Waals surface area contributed by atoms with Gasteiger partial charge in [-0.15, -0.1) is 0 Å². The van der Waals surface area contributed by atoms with Gasteiger partial charge in [-0.3, -0.25) is 9.59 Å². The quantitative estimate of drug-likeness (QED) is 0.830. The Hall–Kier alpha value is -2.33. The number of anilines is 1. The maximum atomic E-state index is 11.7. The van der Waals surface area contributed by atoms with Crippen LogP contribution in [0.2, 0.25) is 5.02 Å². The Labute approximate surface area is 134 Å². The first kappa shape index (κ1) is 16.0. The van der Waals surface area contributed by atoms with Crippen molar-refractivity contribution in [2.45, 2.75) is 12.8 Å². The highest BCUT2D eigenvalue weighted by Gasteiger charge is 2.08. The van der Waals surface area contributed by atoms with Crippen molar-refractivity contribution in [3.05, 3.63) is 65.2 Å². The smallest absolute Gasteiger partial charge is 0.306 e. The number of hydrogen-bond acceptors (Lipinski definition) is 3. The van der Waals surface area contributed by atoms with Gasteiger partial charge >= 0.3 is 5.97 Å². The SMILES string of the molecule is O=C(COC(=O)CCc1ccccc1)Nc1ccc(Cl)cc1. The Bertz CT molecular complexity index is 626. The number of halogens is 1. The second-order valence-electron chi connectivity index (χ2n) is 4.70. The minimum Gasteiger partial charge on any atom is -0.456 e. The van der Waals surface area contributed by atoms with E-state index in [1.54, 1.807) is 24.3 Å². The van der Waals surface area contributed by atoms with Gasteiger partial charge in [0.05, 0.1) is 0 Å². The van der Waals surface area contributed by atoms with Gasteiger partial charge in [-0.25, -0.2) is 0 Å². The molecule has 22 heavy (non-hydrogen) atoms. The van der Waals surface area contributed by atoms with Gasteiger partial charge in [0.2, 0.25) is 0 Å². The third kappa shape index (κ3) is 5.58. The Balaban J connectivity index is 1.69. The third-order valence-corrected chi connectivity index (χ3v) is 3.20. The predicted molar refractivity (Wildman–Crippen MR) is 85.8 cm³/mol. The van der Waals surface area contributed by atoms with Crippen molar-refractivity contribution in [2.75, 3.05) is 11.9 Å². The number of carbonyl (C=O) groups is 2. The van der Waals surface area contributed by atoms with Crippen molar-refractivity contribution in [3.8, 4) is 0 Å². The average Bonchev–Trinajstić information content (AvgIpc) is 2.54. The van der Waals surface area contributed by atoms with Crippen LogP contribution < -0.4 is 5.32 Å². The normalized spacial score (nSPS) is 10.0. The lowest BCUT2D eigenvalue weighted by Gasteiger charge is -2.07. The molecule has 0 radical (unpaired) electrons. The van der Waals surface area contributed by atoms with Crippen molar-refractivity contribution in [3.63, 3.8) is 0 Å². The lowest BCUT2D eigenvalue weighted by Crippen LogP contribution is -2.21. The van der Waals surface area contributed by atoms with Gasteiger partial charge in [0, 0.05) is 17.1 Å². The largest absolute Gasteiger partial charge is 0.456 e. The molecular weight excluding hydrogens is 302 g/mol. The maximum Gasteiger partial charge on any atom is 0.306 e. The van der Waals surface area contributed by atoms with E-state index in [2.05, 4.69) is 5.32 Å². The monoisotopic (exact) mass is 317 g/mol. The highest BCUT2D eigenvalue weighted by atomic mass is 35.5. The topological polar surface area (TPSA) is 55.4 Å². The van der Waals surface area contributed by atoms with Crippen LogP contribution in [0.4, 0.5) is 5.69 Å². The summed E-state index contributed by atoms with van der Waals surface area (Å²) in [6, 6.07) is 16.3. The first-order valence-electron chi connectivity index (χ1n) is 6.88. The number of ether oxygens (including phenoxy) is 1. The van der Waals surface area contributed by atoms with Gasteiger partial charge in [-0.2, -0.15) is 0 Å². The van der Waals surface area contributed by atoms with Crippen molar-refractivity contribution in [2.24, 2.45) is 0 Å². The fraction of sp³-hybridized carbons (Fsp3) is 0.176. The summed E-state index contributed by atoms with van der Waals surface area (Å²) >= 11 is 5.75. The third-order valence-electron chi connectivity index (χ3n) is 2.95. The lowest BCUT2D eigenvalue weighted by molar-refractivity contribution is -0.147. The van der Waals surface area contributed by atoms with E-state index in [-0.39, 0.29) is 18.9 Å². The summed E-state index contributed by atoms with van der Waals surface area (Å²) in [5, 5.41) is 3.21. The highest BCUT2D eigenvalue weighted by Crippen LogP contribution is 2.13. The number of esters is 1. The summed E-state index contributed by atoms with van der Waals surface area (Å²) in [4.78, 5) is 23.3. The van der Waals surface area contributed by atoms with Crippen LogP contribution in [0.5, 0.6) is 0 Å². The Morgan fingerprint density at radius 2 is 1.68 bits per heavy atom. The number of hydrogen-bond donors (Lipinski definition) is 1. The van der Waals surface area contributed by atoms with E-state index in [1.165, 1.54) is 0 Å².